The van der Waals surface area contributed by atoms with E-state index in [0.29, 0.717) is 0 Å². The summed E-state index contributed by atoms with van der Waals surface area (Å²) < 4.78 is 28.4. The number of rotatable bonds is 10. The number of esters is 5. The zero-order chi connectivity index (χ0) is 37.9. The van der Waals surface area contributed by atoms with Gasteiger partial charge in [-0.3, -0.25) is 38.7 Å². The van der Waals surface area contributed by atoms with E-state index >= 15 is 0 Å². The Labute approximate surface area is 293 Å². The van der Waals surface area contributed by atoms with Crippen LogP contribution in [0.3, 0.4) is 0 Å². The van der Waals surface area contributed by atoms with Crippen LogP contribution in [0.5, 0.6) is 0 Å². The molecule has 2 aliphatic heterocycles. The van der Waals surface area contributed by atoms with Gasteiger partial charge in [-0.15, -0.1) is 0 Å². The molecule has 0 unspecified atom stereocenters. The van der Waals surface area contributed by atoms with Crippen LogP contribution in [-0.2, 0) is 47.7 Å². The van der Waals surface area contributed by atoms with Crippen LogP contribution in [0.25, 0.3) is 0 Å². The molecule has 0 spiro atoms. The first kappa shape index (κ1) is 42.4. The summed E-state index contributed by atoms with van der Waals surface area (Å²) in [6, 6.07) is -2.42. The topological polar surface area (TPSA) is 141 Å². The molecule has 2 rings (SSSR count). The summed E-state index contributed by atoms with van der Waals surface area (Å²) in [5.74, 6) is -2.43. The molecule has 2 saturated heterocycles. The highest BCUT2D eigenvalue weighted by molar-refractivity contribution is 5.80. The largest absolute Gasteiger partial charge is 0.459 e. The Balaban J connectivity index is 2.52. The van der Waals surface area contributed by atoms with Crippen LogP contribution in [0.1, 0.15) is 117 Å². The van der Waals surface area contributed by atoms with E-state index < -0.39 is 82.0 Å². The van der Waals surface area contributed by atoms with E-state index in [2.05, 4.69) is 0 Å². The Morgan fingerprint density at radius 3 is 1.06 bits per heavy atom. The quantitative estimate of drug-likeness (QED) is 0.241. The van der Waals surface area contributed by atoms with E-state index in [4.69, 9.17) is 23.7 Å². The van der Waals surface area contributed by atoms with Gasteiger partial charge in [-0.25, -0.2) is 0 Å². The third kappa shape index (κ3) is 15.3. The SMILES string of the molecule is CC(C)(C)OC(=O)CN1C[C@@H](N(CC(=O)OC(C)(C)C)[C@H]2C[C@@H](C(=O)OC(C)(C)C)N(CC(=O)OC(C)(C)C)C2)C[C@H]1C(=O)OC(C)(C)C. The van der Waals surface area contributed by atoms with Crippen LogP contribution >= 0.6 is 0 Å². The smallest absolute Gasteiger partial charge is 0.323 e. The molecule has 13 nitrogen and oxygen atoms in total. The molecule has 49 heavy (non-hydrogen) atoms. The van der Waals surface area contributed by atoms with Gasteiger partial charge in [0, 0.05) is 25.2 Å². The zero-order valence-corrected chi connectivity index (χ0v) is 32.7. The van der Waals surface area contributed by atoms with Gasteiger partial charge in [-0.05, 0) is 117 Å². The lowest BCUT2D eigenvalue weighted by molar-refractivity contribution is -0.165. The Morgan fingerprint density at radius 1 is 0.490 bits per heavy atom. The maximum Gasteiger partial charge on any atom is 0.323 e. The minimum Gasteiger partial charge on any atom is -0.459 e. The van der Waals surface area contributed by atoms with Crippen molar-refractivity contribution in [2.45, 2.75) is 169 Å². The van der Waals surface area contributed by atoms with Crippen LogP contribution in [0.4, 0.5) is 0 Å². The third-order valence-corrected chi connectivity index (χ3v) is 7.29. The standard InChI is InChI=1S/C36H63N3O10/c1-32(2,3)45-27(40)20-37-18-23(16-25(37)30(43)48-35(10,11)12)39(22-29(42)47-34(7,8)9)24-17-26(31(44)49-36(13,14)15)38(19-24)21-28(41)46-33(4,5)6/h23-26H,16-22H2,1-15H3/t23-,24-,25-,26-/m0/s1. The first-order valence-electron chi connectivity index (χ1n) is 17.3. The molecule has 0 bridgehead atoms. The number of hydrogen-bond acceptors (Lipinski definition) is 13. The van der Waals surface area contributed by atoms with E-state index in [0.717, 1.165) is 0 Å². The van der Waals surface area contributed by atoms with Gasteiger partial charge in [-0.2, -0.15) is 0 Å². The summed E-state index contributed by atoms with van der Waals surface area (Å²) in [6.45, 7) is 26.7. The average molecular weight is 698 g/mol. The molecule has 0 radical (unpaired) electrons. The lowest BCUT2D eigenvalue weighted by Crippen LogP contribution is -2.49. The number of nitrogens with zero attached hydrogens (tertiary/aromatic N) is 3. The van der Waals surface area contributed by atoms with E-state index in [1.165, 1.54) is 0 Å². The third-order valence-electron chi connectivity index (χ3n) is 7.29. The summed E-state index contributed by atoms with van der Waals surface area (Å²) in [4.78, 5) is 71.9. The lowest BCUT2D eigenvalue weighted by atomic mass is 10.0. The van der Waals surface area contributed by atoms with Crippen molar-refractivity contribution in [3.63, 3.8) is 0 Å². The minimum absolute atomic E-state index is 0.144. The molecule has 2 aliphatic rings. The van der Waals surface area contributed by atoms with Crippen LogP contribution in [0.2, 0.25) is 0 Å². The Bertz CT molecular complexity index is 1120. The molecule has 0 aromatic rings. The van der Waals surface area contributed by atoms with Gasteiger partial charge in [0.05, 0.1) is 19.6 Å². The monoisotopic (exact) mass is 697 g/mol. The predicted octanol–water partition coefficient (Wildman–Crippen LogP) is 3.88. The van der Waals surface area contributed by atoms with Gasteiger partial charge in [0.2, 0.25) is 0 Å². The lowest BCUT2D eigenvalue weighted by Gasteiger charge is -2.34. The number of carbonyl (C=O) groups is 5. The molecule has 282 valence electrons. The summed E-state index contributed by atoms with van der Waals surface area (Å²) in [5.41, 5.74) is -3.73. The van der Waals surface area contributed by atoms with Crippen molar-refractivity contribution < 1.29 is 47.7 Å². The van der Waals surface area contributed by atoms with Crippen molar-refractivity contribution >= 4 is 29.8 Å². The predicted molar refractivity (Wildman–Crippen MR) is 183 cm³/mol. The minimum atomic E-state index is -0.793. The maximum atomic E-state index is 13.6. The van der Waals surface area contributed by atoms with Gasteiger partial charge in [0.25, 0.3) is 0 Å². The van der Waals surface area contributed by atoms with Crippen LogP contribution in [-0.4, -0.2) is 129 Å². The normalized spacial score (nSPS) is 22.9. The highest BCUT2D eigenvalue weighted by Crippen LogP contribution is 2.32. The molecule has 0 aliphatic carbocycles. The summed E-state index contributed by atoms with van der Waals surface area (Å²) >= 11 is 0. The van der Waals surface area contributed by atoms with Gasteiger partial charge in [-0.1, -0.05) is 0 Å². The first-order valence-corrected chi connectivity index (χ1v) is 17.3. The molecule has 0 aromatic carbocycles. The second-order valence-electron chi connectivity index (χ2n) is 18.2. The molecule has 13 heteroatoms. The van der Waals surface area contributed by atoms with Gasteiger partial charge < -0.3 is 23.7 Å². The van der Waals surface area contributed by atoms with Crippen molar-refractivity contribution in [2.75, 3.05) is 32.7 Å². The zero-order valence-electron chi connectivity index (χ0n) is 32.7. The van der Waals surface area contributed by atoms with Crippen molar-refractivity contribution in [1.82, 2.24) is 14.7 Å². The highest BCUT2D eigenvalue weighted by Gasteiger charge is 2.49. The molecule has 0 saturated carbocycles. The van der Waals surface area contributed by atoms with Crippen molar-refractivity contribution in [2.24, 2.45) is 0 Å². The second-order valence-corrected chi connectivity index (χ2v) is 18.2. The van der Waals surface area contributed by atoms with Crippen LogP contribution in [0, 0.1) is 0 Å². The fourth-order valence-corrected chi connectivity index (χ4v) is 5.98. The van der Waals surface area contributed by atoms with E-state index in [9.17, 15) is 24.0 Å². The fourth-order valence-electron chi connectivity index (χ4n) is 5.98. The molecular weight excluding hydrogens is 634 g/mol. The van der Waals surface area contributed by atoms with Gasteiger partial charge in [0.1, 0.15) is 40.1 Å². The molecule has 0 N–H and O–H groups in total. The van der Waals surface area contributed by atoms with Crippen LogP contribution in [0.15, 0.2) is 0 Å². The number of ether oxygens (including phenoxy) is 5. The Kier molecular flexibility index (Phi) is 13.5. The van der Waals surface area contributed by atoms with Crippen LogP contribution < -0.4 is 0 Å². The number of carbonyl (C=O) groups excluding carboxylic acids is 5. The summed E-state index contributed by atoms with van der Waals surface area (Å²) in [5, 5.41) is 0. The van der Waals surface area contributed by atoms with Gasteiger partial charge in [0.15, 0.2) is 0 Å². The molecule has 0 amide bonds. The molecule has 4 atom stereocenters. The Hall–Kier alpha value is -2.77. The second kappa shape index (κ2) is 15.6. The summed E-state index contributed by atoms with van der Waals surface area (Å²) in [7, 11) is 0. The number of likely N-dealkylation sites (tertiary alicyclic amines) is 2. The highest BCUT2D eigenvalue weighted by atomic mass is 16.6. The molecule has 2 heterocycles. The summed E-state index contributed by atoms with van der Waals surface area (Å²) in [6.07, 6.45) is 0.500. The Morgan fingerprint density at radius 2 is 0.776 bits per heavy atom. The van der Waals surface area contributed by atoms with Crippen molar-refractivity contribution in [3.8, 4) is 0 Å². The fraction of sp³-hybridized carbons (Fsp3) is 0.861. The van der Waals surface area contributed by atoms with E-state index in [1.54, 1.807) is 114 Å². The molecule has 0 aromatic heterocycles. The molecule has 2 fully saturated rings. The average Bonchev–Trinajstić information content (AvgIpc) is 3.41. The van der Waals surface area contributed by atoms with Crippen molar-refractivity contribution in [1.29, 1.82) is 0 Å². The molecular formula is C36H63N3O10. The number of hydrogen-bond donors (Lipinski definition) is 0. The first-order chi connectivity index (χ1) is 21.9. The van der Waals surface area contributed by atoms with E-state index in [1.807, 2.05) is 4.90 Å². The van der Waals surface area contributed by atoms with Gasteiger partial charge >= 0.3 is 29.8 Å². The van der Waals surface area contributed by atoms with Crippen molar-refractivity contribution in [3.05, 3.63) is 0 Å². The maximum absolute atomic E-state index is 13.6. The van der Waals surface area contributed by atoms with E-state index in [-0.39, 0.29) is 45.6 Å².